The van der Waals surface area contributed by atoms with Gasteiger partial charge in [-0.1, -0.05) is 18.2 Å². The number of rotatable bonds is 4. The Bertz CT molecular complexity index is 1160. The summed E-state index contributed by atoms with van der Waals surface area (Å²) in [5, 5.41) is 7.37. The summed E-state index contributed by atoms with van der Waals surface area (Å²) in [5.41, 5.74) is 2.91. The molecule has 1 aliphatic heterocycles. The number of nitrogens with zero attached hydrogens (tertiary/aromatic N) is 6. The molecular formula is C21H21N7O. The van der Waals surface area contributed by atoms with Gasteiger partial charge in [-0.05, 0) is 37.6 Å². The molecular weight excluding hydrogens is 366 g/mol. The topological polar surface area (TPSA) is 80.4 Å². The van der Waals surface area contributed by atoms with E-state index in [0.717, 1.165) is 35.7 Å². The van der Waals surface area contributed by atoms with Crippen molar-refractivity contribution in [1.29, 1.82) is 0 Å². The van der Waals surface area contributed by atoms with Crippen LogP contribution in [0.25, 0.3) is 11.2 Å². The second kappa shape index (κ2) is 7.05. The fourth-order valence-corrected chi connectivity index (χ4v) is 3.78. The van der Waals surface area contributed by atoms with E-state index in [9.17, 15) is 4.79 Å². The van der Waals surface area contributed by atoms with E-state index in [1.165, 1.54) is 0 Å². The van der Waals surface area contributed by atoms with Crippen LogP contribution >= 0.6 is 0 Å². The molecule has 3 aromatic heterocycles. The number of aryl methyl sites for hydroxylation is 1. The molecule has 4 heterocycles. The first kappa shape index (κ1) is 17.4. The van der Waals surface area contributed by atoms with Gasteiger partial charge in [0.1, 0.15) is 6.33 Å². The van der Waals surface area contributed by atoms with Gasteiger partial charge in [0, 0.05) is 31.5 Å². The molecule has 0 aliphatic carbocycles. The lowest BCUT2D eigenvalue weighted by Gasteiger charge is -2.19. The van der Waals surface area contributed by atoms with E-state index in [4.69, 9.17) is 4.98 Å². The van der Waals surface area contributed by atoms with Gasteiger partial charge in [0.15, 0.2) is 5.82 Å². The van der Waals surface area contributed by atoms with Crippen molar-refractivity contribution < 1.29 is 4.79 Å². The number of hydrogen-bond donors (Lipinski definition) is 1. The third kappa shape index (κ3) is 3.33. The number of benzene rings is 1. The number of hydrogen-bond acceptors (Lipinski definition) is 5. The van der Waals surface area contributed by atoms with Crippen LogP contribution < -0.4 is 10.2 Å². The van der Waals surface area contributed by atoms with Crippen molar-refractivity contribution in [1.82, 2.24) is 29.5 Å². The zero-order chi connectivity index (χ0) is 19.8. The highest BCUT2D eigenvalue weighted by atomic mass is 16.2. The van der Waals surface area contributed by atoms with Crippen molar-refractivity contribution in [2.75, 3.05) is 18.0 Å². The summed E-state index contributed by atoms with van der Waals surface area (Å²) in [6.07, 6.45) is 6.46. The minimum atomic E-state index is -0.253. The molecule has 29 heavy (non-hydrogen) atoms. The van der Waals surface area contributed by atoms with Gasteiger partial charge in [-0.15, -0.1) is 5.10 Å². The third-order valence-electron chi connectivity index (χ3n) is 5.15. The van der Waals surface area contributed by atoms with Crippen LogP contribution in [-0.4, -0.2) is 49.2 Å². The first-order valence-corrected chi connectivity index (χ1v) is 9.64. The minimum Gasteiger partial charge on any atom is -0.353 e. The molecule has 1 amide bonds. The highest BCUT2D eigenvalue weighted by Crippen LogP contribution is 2.24. The number of aromatic nitrogens is 5. The van der Waals surface area contributed by atoms with Gasteiger partial charge in [0.05, 0.1) is 16.9 Å². The van der Waals surface area contributed by atoms with Crippen molar-refractivity contribution >= 4 is 17.2 Å². The summed E-state index contributed by atoms with van der Waals surface area (Å²) in [7, 11) is 0. The normalized spacial score (nSPS) is 16.4. The van der Waals surface area contributed by atoms with E-state index in [1.54, 1.807) is 11.0 Å². The van der Waals surface area contributed by atoms with Crippen molar-refractivity contribution in [3.8, 4) is 5.69 Å². The summed E-state index contributed by atoms with van der Waals surface area (Å²) in [6.45, 7) is 3.55. The smallest absolute Gasteiger partial charge is 0.291 e. The van der Waals surface area contributed by atoms with Gasteiger partial charge in [-0.25, -0.2) is 14.6 Å². The van der Waals surface area contributed by atoms with E-state index in [0.29, 0.717) is 6.54 Å². The predicted octanol–water partition coefficient (Wildman–Crippen LogP) is 2.23. The monoisotopic (exact) mass is 387 g/mol. The SMILES string of the molecule is Cc1cn2cccc2c(N2CCC(NC(=O)c3ncn(-c4ccccc4)n3)C2)n1. The van der Waals surface area contributed by atoms with Crippen LogP contribution in [0.3, 0.4) is 0 Å². The van der Waals surface area contributed by atoms with E-state index >= 15 is 0 Å². The molecule has 8 nitrogen and oxygen atoms in total. The molecule has 146 valence electrons. The second-order valence-corrected chi connectivity index (χ2v) is 7.26. The van der Waals surface area contributed by atoms with Crippen LogP contribution in [0.1, 0.15) is 22.7 Å². The van der Waals surface area contributed by atoms with Crippen LogP contribution in [0.5, 0.6) is 0 Å². The van der Waals surface area contributed by atoms with Gasteiger partial charge in [-0.2, -0.15) is 0 Å². The van der Waals surface area contributed by atoms with E-state index in [-0.39, 0.29) is 17.8 Å². The van der Waals surface area contributed by atoms with E-state index in [1.807, 2.05) is 55.7 Å². The largest absolute Gasteiger partial charge is 0.353 e. The van der Waals surface area contributed by atoms with Crippen LogP contribution in [0.4, 0.5) is 5.82 Å². The lowest BCUT2D eigenvalue weighted by atomic mass is 10.2. The van der Waals surface area contributed by atoms with E-state index in [2.05, 4.69) is 30.8 Å². The number of para-hydroxylation sites is 1. The molecule has 8 heteroatoms. The Labute approximate surface area is 167 Å². The number of nitrogens with one attached hydrogen (secondary N) is 1. The lowest BCUT2D eigenvalue weighted by molar-refractivity contribution is 0.0930. The van der Waals surface area contributed by atoms with Crippen molar-refractivity contribution in [3.05, 3.63) is 72.7 Å². The maximum atomic E-state index is 12.6. The van der Waals surface area contributed by atoms with Gasteiger partial charge in [0.2, 0.25) is 5.82 Å². The molecule has 1 saturated heterocycles. The molecule has 0 saturated carbocycles. The molecule has 1 fully saturated rings. The number of carbonyl (C=O) groups is 1. The number of anilines is 1. The molecule has 5 rings (SSSR count). The maximum Gasteiger partial charge on any atom is 0.291 e. The van der Waals surface area contributed by atoms with Gasteiger partial charge in [0.25, 0.3) is 5.91 Å². The summed E-state index contributed by atoms with van der Waals surface area (Å²) in [4.78, 5) is 23.7. The van der Waals surface area contributed by atoms with Crippen molar-refractivity contribution in [2.24, 2.45) is 0 Å². The molecule has 1 N–H and O–H groups in total. The zero-order valence-corrected chi connectivity index (χ0v) is 16.1. The highest BCUT2D eigenvalue weighted by molar-refractivity contribution is 5.90. The predicted molar refractivity (Wildman–Crippen MR) is 109 cm³/mol. The quantitative estimate of drug-likeness (QED) is 0.581. The van der Waals surface area contributed by atoms with Crippen LogP contribution in [0.2, 0.25) is 0 Å². The Kier molecular flexibility index (Phi) is 4.23. The Balaban J connectivity index is 1.28. The summed E-state index contributed by atoms with van der Waals surface area (Å²) >= 11 is 0. The number of fused-ring (bicyclic) bond motifs is 1. The highest BCUT2D eigenvalue weighted by Gasteiger charge is 2.27. The minimum absolute atomic E-state index is 0.0310. The third-order valence-corrected chi connectivity index (χ3v) is 5.15. The molecule has 0 spiro atoms. The Hall–Kier alpha value is -3.68. The lowest BCUT2D eigenvalue weighted by Crippen LogP contribution is -2.37. The Morgan fingerprint density at radius 3 is 2.90 bits per heavy atom. The fraction of sp³-hybridized carbons (Fsp3) is 0.238. The molecule has 4 aromatic rings. The molecule has 0 bridgehead atoms. The first-order chi connectivity index (χ1) is 14.2. The maximum absolute atomic E-state index is 12.6. The number of carbonyl (C=O) groups excluding carboxylic acids is 1. The van der Waals surface area contributed by atoms with Crippen molar-refractivity contribution in [3.63, 3.8) is 0 Å². The van der Waals surface area contributed by atoms with Gasteiger partial charge >= 0.3 is 0 Å². The summed E-state index contributed by atoms with van der Waals surface area (Å²) in [5.74, 6) is 0.879. The Morgan fingerprint density at radius 2 is 2.03 bits per heavy atom. The molecule has 1 aliphatic rings. The standard InChI is InChI=1S/C21H21N7O/c1-15-12-26-10-5-8-18(26)20(23-15)27-11-9-16(13-27)24-21(29)19-22-14-28(25-19)17-6-3-2-4-7-17/h2-8,10,12,14,16H,9,11,13H2,1H3,(H,24,29). The van der Waals surface area contributed by atoms with Crippen LogP contribution in [-0.2, 0) is 0 Å². The van der Waals surface area contributed by atoms with Crippen LogP contribution in [0.15, 0.2) is 61.2 Å². The zero-order valence-electron chi connectivity index (χ0n) is 16.1. The average Bonchev–Trinajstić information content (AvgIpc) is 3.48. The molecule has 1 aromatic carbocycles. The molecule has 0 radical (unpaired) electrons. The first-order valence-electron chi connectivity index (χ1n) is 9.64. The summed E-state index contributed by atoms with van der Waals surface area (Å²) in [6, 6.07) is 13.7. The van der Waals surface area contributed by atoms with Gasteiger partial charge < -0.3 is 14.6 Å². The van der Waals surface area contributed by atoms with Gasteiger partial charge in [-0.3, -0.25) is 4.79 Å². The second-order valence-electron chi connectivity index (χ2n) is 7.26. The molecule has 1 atom stereocenters. The van der Waals surface area contributed by atoms with Crippen molar-refractivity contribution in [2.45, 2.75) is 19.4 Å². The van der Waals surface area contributed by atoms with E-state index < -0.39 is 0 Å². The fourth-order valence-electron chi connectivity index (χ4n) is 3.78. The molecule has 1 unspecified atom stereocenters. The average molecular weight is 387 g/mol. The number of amides is 1. The van der Waals surface area contributed by atoms with Crippen LogP contribution in [0, 0.1) is 6.92 Å². The summed E-state index contributed by atoms with van der Waals surface area (Å²) < 4.78 is 3.69. The Morgan fingerprint density at radius 1 is 1.17 bits per heavy atom.